The standard InChI is InChI=1S/C15H30N2O/c1-13(2)15-12-17(9-5-8-16-15)10-7-14-6-3-4-11-18-14/h13-16H,3-12H2,1-2H3. The van der Waals surface area contributed by atoms with E-state index in [2.05, 4.69) is 24.1 Å². The maximum atomic E-state index is 5.83. The average Bonchev–Trinajstić information content (AvgIpc) is 2.63. The van der Waals surface area contributed by atoms with Crippen molar-refractivity contribution >= 4 is 0 Å². The Bertz CT molecular complexity index is 227. The lowest BCUT2D eigenvalue weighted by Crippen LogP contribution is -2.42. The Kier molecular flexibility index (Phi) is 5.93. The number of rotatable bonds is 4. The van der Waals surface area contributed by atoms with Crippen molar-refractivity contribution in [2.45, 2.75) is 58.1 Å². The van der Waals surface area contributed by atoms with E-state index < -0.39 is 0 Å². The molecule has 2 aliphatic heterocycles. The lowest BCUT2D eigenvalue weighted by Gasteiger charge is -2.29. The fraction of sp³-hybridized carbons (Fsp3) is 1.00. The SMILES string of the molecule is CC(C)C1CN(CCC2CCCCO2)CCCN1. The van der Waals surface area contributed by atoms with Crippen LogP contribution >= 0.6 is 0 Å². The molecule has 0 aromatic heterocycles. The van der Waals surface area contributed by atoms with Gasteiger partial charge in [0.1, 0.15) is 0 Å². The van der Waals surface area contributed by atoms with E-state index in [0.29, 0.717) is 12.1 Å². The smallest absolute Gasteiger partial charge is 0.0587 e. The average molecular weight is 254 g/mol. The van der Waals surface area contributed by atoms with Gasteiger partial charge in [-0.05, 0) is 51.1 Å². The normalized spacial score (nSPS) is 31.5. The fourth-order valence-electron chi connectivity index (χ4n) is 3.04. The fourth-order valence-corrected chi connectivity index (χ4v) is 3.04. The lowest BCUT2D eigenvalue weighted by molar-refractivity contribution is 0.00525. The molecule has 2 heterocycles. The van der Waals surface area contributed by atoms with Gasteiger partial charge in [0.05, 0.1) is 6.10 Å². The first-order valence-corrected chi connectivity index (χ1v) is 7.83. The van der Waals surface area contributed by atoms with Crippen molar-refractivity contribution < 1.29 is 4.74 Å². The highest BCUT2D eigenvalue weighted by atomic mass is 16.5. The Balaban J connectivity index is 1.72. The van der Waals surface area contributed by atoms with Crippen LogP contribution < -0.4 is 5.32 Å². The van der Waals surface area contributed by atoms with Gasteiger partial charge in [-0.25, -0.2) is 0 Å². The van der Waals surface area contributed by atoms with Crippen molar-refractivity contribution in [1.29, 1.82) is 0 Å². The van der Waals surface area contributed by atoms with Crippen LogP contribution in [0.3, 0.4) is 0 Å². The van der Waals surface area contributed by atoms with Gasteiger partial charge in [0.25, 0.3) is 0 Å². The van der Waals surface area contributed by atoms with Crippen molar-refractivity contribution in [3.05, 3.63) is 0 Å². The van der Waals surface area contributed by atoms with Gasteiger partial charge < -0.3 is 15.0 Å². The Morgan fingerprint density at radius 1 is 1.28 bits per heavy atom. The summed E-state index contributed by atoms with van der Waals surface area (Å²) in [5.41, 5.74) is 0. The van der Waals surface area contributed by atoms with Crippen molar-refractivity contribution in [3.8, 4) is 0 Å². The summed E-state index contributed by atoms with van der Waals surface area (Å²) in [7, 11) is 0. The molecule has 0 spiro atoms. The minimum Gasteiger partial charge on any atom is -0.378 e. The summed E-state index contributed by atoms with van der Waals surface area (Å²) >= 11 is 0. The third kappa shape index (κ3) is 4.52. The summed E-state index contributed by atoms with van der Waals surface area (Å²) in [6.07, 6.45) is 6.95. The van der Waals surface area contributed by atoms with E-state index in [0.717, 1.165) is 12.5 Å². The van der Waals surface area contributed by atoms with Crippen molar-refractivity contribution in [2.24, 2.45) is 5.92 Å². The van der Waals surface area contributed by atoms with E-state index in [-0.39, 0.29) is 0 Å². The Labute approximate surface area is 112 Å². The first-order chi connectivity index (χ1) is 8.75. The molecule has 2 rings (SSSR count). The third-order valence-electron chi connectivity index (χ3n) is 4.36. The maximum Gasteiger partial charge on any atom is 0.0587 e. The van der Waals surface area contributed by atoms with Crippen molar-refractivity contribution in [2.75, 3.05) is 32.8 Å². The number of nitrogens with zero attached hydrogens (tertiary/aromatic N) is 1. The molecule has 0 aromatic carbocycles. The number of hydrogen-bond donors (Lipinski definition) is 1. The molecule has 3 heteroatoms. The molecule has 2 unspecified atom stereocenters. The van der Waals surface area contributed by atoms with Crippen LogP contribution in [0.15, 0.2) is 0 Å². The molecule has 0 bridgehead atoms. The highest BCUT2D eigenvalue weighted by Crippen LogP contribution is 2.17. The molecule has 106 valence electrons. The van der Waals surface area contributed by atoms with Crippen LogP contribution in [-0.4, -0.2) is 49.8 Å². The largest absolute Gasteiger partial charge is 0.378 e. The van der Waals surface area contributed by atoms with E-state index >= 15 is 0 Å². The minimum absolute atomic E-state index is 0.535. The van der Waals surface area contributed by atoms with Crippen LogP contribution in [0.4, 0.5) is 0 Å². The van der Waals surface area contributed by atoms with Gasteiger partial charge in [-0.1, -0.05) is 13.8 Å². The zero-order valence-corrected chi connectivity index (χ0v) is 12.2. The van der Waals surface area contributed by atoms with Crippen LogP contribution in [0.5, 0.6) is 0 Å². The molecule has 3 nitrogen and oxygen atoms in total. The Morgan fingerprint density at radius 2 is 2.17 bits per heavy atom. The molecule has 0 amide bonds. The van der Waals surface area contributed by atoms with Gasteiger partial charge in [-0.15, -0.1) is 0 Å². The molecule has 0 saturated carbocycles. The predicted octanol–water partition coefficient (Wildman–Crippen LogP) is 2.27. The van der Waals surface area contributed by atoms with Gasteiger partial charge in [-0.2, -0.15) is 0 Å². The monoisotopic (exact) mass is 254 g/mol. The number of hydrogen-bond acceptors (Lipinski definition) is 3. The summed E-state index contributed by atoms with van der Waals surface area (Å²) in [6, 6.07) is 0.666. The topological polar surface area (TPSA) is 24.5 Å². The summed E-state index contributed by atoms with van der Waals surface area (Å²) in [6.45, 7) is 10.5. The zero-order valence-electron chi connectivity index (χ0n) is 12.2. The Hall–Kier alpha value is -0.120. The second-order valence-corrected chi connectivity index (χ2v) is 6.24. The van der Waals surface area contributed by atoms with Gasteiger partial charge in [0, 0.05) is 25.7 Å². The second-order valence-electron chi connectivity index (χ2n) is 6.24. The van der Waals surface area contributed by atoms with E-state index in [9.17, 15) is 0 Å². The first-order valence-electron chi connectivity index (χ1n) is 7.83. The molecule has 1 N–H and O–H groups in total. The summed E-state index contributed by atoms with van der Waals surface area (Å²) < 4.78 is 5.83. The van der Waals surface area contributed by atoms with Crippen LogP contribution in [-0.2, 0) is 4.74 Å². The number of nitrogens with one attached hydrogen (secondary N) is 1. The van der Waals surface area contributed by atoms with Crippen molar-refractivity contribution in [3.63, 3.8) is 0 Å². The zero-order chi connectivity index (χ0) is 12.8. The summed E-state index contributed by atoms with van der Waals surface area (Å²) in [4.78, 5) is 2.64. The minimum atomic E-state index is 0.535. The van der Waals surface area contributed by atoms with Crippen LogP contribution in [0.1, 0.15) is 46.0 Å². The molecule has 0 aromatic rings. The third-order valence-corrected chi connectivity index (χ3v) is 4.36. The van der Waals surface area contributed by atoms with E-state index in [1.54, 1.807) is 0 Å². The molecular formula is C15H30N2O. The van der Waals surface area contributed by atoms with Crippen LogP contribution in [0.2, 0.25) is 0 Å². The Morgan fingerprint density at radius 3 is 2.89 bits per heavy atom. The number of ether oxygens (including phenoxy) is 1. The molecule has 0 radical (unpaired) electrons. The molecule has 0 aliphatic carbocycles. The van der Waals surface area contributed by atoms with Crippen LogP contribution in [0.25, 0.3) is 0 Å². The van der Waals surface area contributed by atoms with Gasteiger partial charge >= 0.3 is 0 Å². The molecule has 2 aliphatic rings. The molecule has 2 saturated heterocycles. The van der Waals surface area contributed by atoms with E-state index in [1.165, 1.54) is 58.3 Å². The van der Waals surface area contributed by atoms with Gasteiger partial charge in [0.2, 0.25) is 0 Å². The quantitative estimate of drug-likeness (QED) is 0.833. The highest BCUT2D eigenvalue weighted by molar-refractivity contribution is 4.79. The molecular weight excluding hydrogens is 224 g/mol. The van der Waals surface area contributed by atoms with Gasteiger partial charge in [0.15, 0.2) is 0 Å². The first kappa shape index (κ1) is 14.3. The predicted molar refractivity (Wildman–Crippen MR) is 75.9 cm³/mol. The molecule has 2 fully saturated rings. The summed E-state index contributed by atoms with van der Waals surface area (Å²) in [5.74, 6) is 0.733. The van der Waals surface area contributed by atoms with Crippen LogP contribution in [0, 0.1) is 5.92 Å². The van der Waals surface area contributed by atoms with Gasteiger partial charge in [-0.3, -0.25) is 0 Å². The van der Waals surface area contributed by atoms with E-state index in [4.69, 9.17) is 4.74 Å². The summed E-state index contributed by atoms with van der Waals surface area (Å²) in [5, 5.41) is 3.68. The van der Waals surface area contributed by atoms with E-state index in [1.807, 2.05) is 0 Å². The maximum absolute atomic E-state index is 5.83. The van der Waals surface area contributed by atoms with Crippen molar-refractivity contribution in [1.82, 2.24) is 10.2 Å². The second kappa shape index (κ2) is 7.46. The molecule has 18 heavy (non-hydrogen) atoms. The highest BCUT2D eigenvalue weighted by Gasteiger charge is 2.21. The lowest BCUT2D eigenvalue weighted by atomic mass is 10.0. The molecule has 2 atom stereocenters.